The van der Waals surface area contributed by atoms with E-state index in [0.717, 1.165) is 48.5 Å². The van der Waals surface area contributed by atoms with E-state index in [9.17, 15) is 4.79 Å². The van der Waals surface area contributed by atoms with Crippen molar-refractivity contribution in [3.8, 4) is 0 Å². The minimum absolute atomic E-state index is 0.0662. The molecule has 1 aromatic heterocycles. The zero-order valence-electron chi connectivity index (χ0n) is 15.6. The summed E-state index contributed by atoms with van der Waals surface area (Å²) in [5, 5.41) is 3.04. The van der Waals surface area contributed by atoms with Gasteiger partial charge in [0.15, 0.2) is 11.5 Å². The minimum Gasteiger partial charge on any atom is -0.440 e. The van der Waals surface area contributed by atoms with Crippen LogP contribution in [0.4, 0.5) is 0 Å². The fourth-order valence-corrected chi connectivity index (χ4v) is 3.73. The van der Waals surface area contributed by atoms with E-state index in [1.54, 1.807) is 0 Å². The third-order valence-electron chi connectivity index (χ3n) is 5.27. The van der Waals surface area contributed by atoms with Crippen LogP contribution in [0.3, 0.4) is 0 Å². The molecular formula is C22H25N3O2. The van der Waals surface area contributed by atoms with Gasteiger partial charge in [0.1, 0.15) is 5.52 Å². The molecule has 1 N–H and O–H groups in total. The van der Waals surface area contributed by atoms with Crippen LogP contribution in [-0.2, 0) is 11.3 Å². The molecular weight excluding hydrogens is 338 g/mol. The molecule has 5 nitrogen and oxygen atoms in total. The fourth-order valence-electron chi connectivity index (χ4n) is 3.73. The Kier molecular flexibility index (Phi) is 5.21. The molecule has 1 amide bonds. The number of carbonyl (C=O) groups excluding carboxylic acids is 1. The average Bonchev–Trinajstić information content (AvgIpc) is 3.12. The Bertz CT molecular complexity index is 901. The number of likely N-dealkylation sites (tertiary alicyclic amines) is 1. The van der Waals surface area contributed by atoms with Crippen LogP contribution in [0.2, 0.25) is 0 Å². The Morgan fingerprint density at radius 1 is 1.22 bits per heavy atom. The summed E-state index contributed by atoms with van der Waals surface area (Å²) in [7, 11) is 0. The van der Waals surface area contributed by atoms with Gasteiger partial charge in [-0.25, -0.2) is 4.98 Å². The van der Waals surface area contributed by atoms with Gasteiger partial charge >= 0.3 is 0 Å². The summed E-state index contributed by atoms with van der Waals surface area (Å²) >= 11 is 0. The molecule has 140 valence electrons. The molecule has 3 aromatic rings. The molecule has 1 atom stereocenters. The molecule has 1 saturated heterocycles. The predicted octanol–water partition coefficient (Wildman–Crippen LogP) is 3.63. The quantitative estimate of drug-likeness (QED) is 0.752. The Labute approximate surface area is 159 Å². The number of benzene rings is 2. The van der Waals surface area contributed by atoms with Crippen molar-refractivity contribution >= 4 is 17.0 Å². The molecule has 27 heavy (non-hydrogen) atoms. The summed E-state index contributed by atoms with van der Waals surface area (Å²) in [6.45, 7) is 4.81. The van der Waals surface area contributed by atoms with Crippen molar-refractivity contribution in [2.24, 2.45) is 0 Å². The van der Waals surface area contributed by atoms with Gasteiger partial charge in [0.25, 0.3) is 0 Å². The largest absolute Gasteiger partial charge is 0.440 e. The molecule has 2 heterocycles. The highest BCUT2D eigenvalue weighted by atomic mass is 16.3. The van der Waals surface area contributed by atoms with Gasteiger partial charge in [-0.2, -0.15) is 0 Å². The van der Waals surface area contributed by atoms with Gasteiger partial charge < -0.3 is 9.73 Å². The molecule has 5 heteroatoms. The van der Waals surface area contributed by atoms with E-state index in [4.69, 9.17) is 4.42 Å². The zero-order valence-corrected chi connectivity index (χ0v) is 15.6. The number of nitrogens with one attached hydrogen (secondary N) is 1. The van der Waals surface area contributed by atoms with Crippen molar-refractivity contribution in [1.82, 2.24) is 15.2 Å². The molecule has 2 aromatic carbocycles. The normalized spacial score (nSPS) is 17.9. The highest BCUT2D eigenvalue weighted by Crippen LogP contribution is 2.28. The summed E-state index contributed by atoms with van der Waals surface area (Å²) in [5.41, 5.74) is 4.10. The van der Waals surface area contributed by atoms with Crippen LogP contribution in [0.25, 0.3) is 11.1 Å². The first-order valence-electron chi connectivity index (χ1n) is 9.58. The van der Waals surface area contributed by atoms with Gasteiger partial charge in [0.05, 0.1) is 6.54 Å². The second-order valence-electron chi connectivity index (χ2n) is 7.30. The predicted molar refractivity (Wildman–Crippen MR) is 105 cm³/mol. The van der Waals surface area contributed by atoms with Crippen LogP contribution in [0.1, 0.15) is 35.8 Å². The summed E-state index contributed by atoms with van der Waals surface area (Å²) in [4.78, 5) is 19.2. The minimum atomic E-state index is 0.0662. The summed E-state index contributed by atoms with van der Waals surface area (Å²) in [5.74, 6) is 1.10. The maximum Gasteiger partial charge on any atom is 0.234 e. The number of para-hydroxylation sites is 2. The van der Waals surface area contributed by atoms with Crippen molar-refractivity contribution < 1.29 is 9.21 Å². The number of nitrogens with zero attached hydrogens (tertiary/aromatic N) is 2. The molecule has 0 aliphatic carbocycles. The third kappa shape index (κ3) is 4.19. The van der Waals surface area contributed by atoms with Crippen molar-refractivity contribution in [2.75, 3.05) is 19.6 Å². The number of hydrogen-bond acceptors (Lipinski definition) is 4. The fraction of sp³-hybridized carbons (Fsp3) is 0.364. The van der Waals surface area contributed by atoms with Crippen LogP contribution < -0.4 is 5.32 Å². The summed E-state index contributed by atoms with van der Waals surface area (Å²) in [6.07, 6.45) is 2.10. The lowest BCUT2D eigenvalue weighted by Gasteiger charge is -2.30. The van der Waals surface area contributed by atoms with Crippen molar-refractivity contribution in [3.05, 3.63) is 65.5 Å². The van der Waals surface area contributed by atoms with Crippen molar-refractivity contribution in [3.63, 3.8) is 0 Å². The Morgan fingerprint density at radius 3 is 2.89 bits per heavy atom. The topological polar surface area (TPSA) is 58.4 Å². The van der Waals surface area contributed by atoms with E-state index in [-0.39, 0.29) is 11.8 Å². The van der Waals surface area contributed by atoms with E-state index in [1.165, 1.54) is 5.56 Å². The van der Waals surface area contributed by atoms with E-state index >= 15 is 0 Å². The number of amides is 1. The van der Waals surface area contributed by atoms with Gasteiger partial charge in [0, 0.05) is 19.0 Å². The van der Waals surface area contributed by atoms with Gasteiger partial charge in [-0.3, -0.25) is 9.69 Å². The van der Waals surface area contributed by atoms with Crippen LogP contribution in [-0.4, -0.2) is 35.4 Å². The number of rotatable bonds is 5. The average molecular weight is 363 g/mol. The van der Waals surface area contributed by atoms with Gasteiger partial charge in [-0.15, -0.1) is 0 Å². The lowest BCUT2D eigenvalue weighted by atomic mass is 9.98. The van der Waals surface area contributed by atoms with E-state index in [2.05, 4.69) is 34.3 Å². The van der Waals surface area contributed by atoms with Crippen LogP contribution >= 0.6 is 0 Å². The lowest BCUT2D eigenvalue weighted by molar-refractivity contribution is -0.122. The Morgan fingerprint density at radius 2 is 2.04 bits per heavy atom. The SMILES string of the molecule is Cc1ccccc1CNC(=O)CN1CCCC(c2nc3ccccc3o2)C1. The number of fused-ring (bicyclic) bond motifs is 1. The third-order valence-corrected chi connectivity index (χ3v) is 5.27. The molecule has 1 fully saturated rings. The maximum absolute atomic E-state index is 12.4. The van der Waals surface area contributed by atoms with E-state index in [1.807, 2.05) is 36.4 Å². The van der Waals surface area contributed by atoms with Crippen molar-refractivity contribution in [2.45, 2.75) is 32.2 Å². The second kappa shape index (κ2) is 7.92. The van der Waals surface area contributed by atoms with Crippen molar-refractivity contribution in [1.29, 1.82) is 0 Å². The lowest BCUT2D eigenvalue weighted by Crippen LogP contribution is -2.41. The van der Waals surface area contributed by atoms with Crippen LogP contribution in [0.15, 0.2) is 52.9 Å². The van der Waals surface area contributed by atoms with Crippen LogP contribution in [0.5, 0.6) is 0 Å². The molecule has 1 aliphatic rings. The monoisotopic (exact) mass is 363 g/mol. The van der Waals surface area contributed by atoms with Gasteiger partial charge in [0.2, 0.25) is 5.91 Å². The number of piperidine rings is 1. The number of oxazole rings is 1. The van der Waals surface area contributed by atoms with Crippen LogP contribution in [0, 0.1) is 6.92 Å². The van der Waals surface area contributed by atoms with Gasteiger partial charge in [-0.05, 0) is 49.6 Å². The molecule has 0 bridgehead atoms. The number of carbonyl (C=O) groups is 1. The molecule has 1 aliphatic heterocycles. The van der Waals surface area contributed by atoms with Gasteiger partial charge in [-0.1, -0.05) is 36.4 Å². The zero-order chi connectivity index (χ0) is 18.6. The molecule has 0 spiro atoms. The summed E-state index contributed by atoms with van der Waals surface area (Å²) in [6, 6.07) is 16.0. The molecule has 1 unspecified atom stereocenters. The Hall–Kier alpha value is -2.66. The number of aryl methyl sites for hydroxylation is 1. The van der Waals surface area contributed by atoms with E-state index < -0.39 is 0 Å². The smallest absolute Gasteiger partial charge is 0.234 e. The first-order valence-corrected chi connectivity index (χ1v) is 9.58. The van der Waals surface area contributed by atoms with E-state index in [0.29, 0.717) is 13.1 Å². The number of aromatic nitrogens is 1. The molecule has 0 saturated carbocycles. The highest BCUT2D eigenvalue weighted by Gasteiger charge is 2.26. The molecule has 4 rings (SSSR count). The summed E-state index contributed by atoms with van der Waals surface area (Å²) < 4.78 is 5.94. The molecule has 0 radical (unpaired) electrons. The first-order chi connectivity index (χ1) is 13.2. The maximum atomic E-state index is 12.4. The second-order valence-corrected chi connectivity index (χ2v) is 7.30. The Balaban J connectivity index is 1.34. The standard InChI is InChI=1S/C22H25N3O2/c1-16-7-2-3-8-17(16)13-23-21(26)15-25-12-6-9-18(14-25)22-24-19-10-4-5-11-20(19)27-22/h2-5,7-8,10-11,18H,6,9,12-15H2,1H3,(H,23,26). The first kappa shape index (κ1) is 17.7. The highest BCUT2D eigenvalue weighted by molar-refractivity contribution is 5.78. The number of hydrogen-bond donors (Lipinski definition) is 1.